The second kappa shape index (κ2) is 6.40. The molecule has 102 valence electrons. The zero-order valence-electron chi connectivity index (χ0n) is 11.3. The highest BCUT2D eigenvalue weighted by Crippen LogP contribution is 2.34. The first-order chi connectivity index (χ1) is 9.19. The number of anilines is 1. The molecule has 1 aromatic rings. The van der Waals surface area contributed by atoms with Crippen LogP contribution in [0.4, 0.5) is 5.69 Å². The van der Waals surface area contributed by atoms with E-state index >= 15 is 0 Å². The van der Waals surface area contributed by atoms with E-state index in [1.807, 2.05) is 18.2 Å². The summed E-state index contributed by atoms with van der Waals surface area (Å²) < 4.78 is 0.986. The first-order valence-corrected chi connectivity index (χ1v) is 7.65. The first kappa shape index (κ1) is 14.4. The van der Waals surface area contributed by atoms with Crippen LogP contribution in [0.25, 0.3) is 0 Å². The molecule has 0 saturated carbocycles. The molecule has 0 aliphatic carbocycles. The van der Waals surface area contributed by atoms with E-state index in [1.165, 1.54) is 19.3 Å². The number of rotatable bonds is 3. The van der Waals surface area contributed by atoms with E-state index in [1.54, 1.807) is 0 Å². The minimum atomic E-state index is 0.405. The van der Waals surface area contributed by atoms with Crippen LogP contribution in [0.2, 0.25) is 0 Å². The molecule has 4 heteroatoms. The predicted octanol–water partition coefficient (Wildman–Crippen LogP) is 3.27. The second-order valence-corrected chi connectivity index (χ2v) is 6.01. The molecule has 2 atom stereocenters. The summed E-state index contributed by atoms with van der Waals surface area (Å²) in [6.07, 6.45) is 3.62. The number of piperidine rings is 1. The minimum Gasteiger partial charge on any atom is -0.366 e. The molecular formula is C15H20BrN3. The van der Waals surface area contributed by atoms with Crippen molar-refractivity contribution in [3.05, 3.63) is 28.2 Å². The molecule has 0 spiro atoms. The van der Waals surface area contributed by atoms with Gasteiger partial charge in [-0.05, 0) is 52.9 Å². The van der Waals surface area contributed by atoms with Gasteiger partial charge in [-0.1, -0.05) is 13.3 Å². The summed E-state index contributed by atoms with van der Waals surface area (Å²) in [7, 11) is 0. The number of hydrogen-bond acceptors (Lipinski definition) is 3. The zero-order valence-corrected chi connectivity index (χ0v) is 12.9. The number of nitriles is 1. The molecule has 3 nitrogen and oxygen atoms in total. The lowest BCUT2D eigenvalue weighted by Gasteiger charge is -2.41. The molecule has 2 rings (SSSR count). The van der Waals surface area contributed by atoms with E-state index in [-0.39, 0.29) is 0 Å². The van der Waals surface area contributed by atoms with Gasteiger partial charge in [-0.2, -0.15) is 5.26 Å². The lowest BCUT2D eigenvalue weighted by Crippen LogP contribution is -2.46. The minimum absolute atomic E-state index is 0.405. The lowest BCUT2D eigenvalue weighted by atomic mass is 9.88. The van der Waals surface area contributed by atoms with E-state index in [0.29, 0.717) is 18.2 Å². The van der Waals surface area contributed by atoms with Crippen molar-refractivity contribution < 1.29 is 0 Å². The fourth-order valence-corrected chi connectivity index (χ4v) is 3.46. The third-order valence-electron chi connectivity index (χ3n) is 4.06. The Morgan fingerprint density at radius 3 is 2.89 bits per heavy atom. The first-order valence-electron chi connectivity index (χ1n) is 6.86. The summed E-state index contributed by atoms with van der Waals surface area (Å²) in [5, 5.41) is 8.92. The van der Waals surface area contributed by atoms with E-state index in [9.17, 15) is 0 Å². The molecule has 2 N–H and O–H groups in total. The van der Waals surface area contributed by atoms with Crippen LogP contribution >= 0.6 is 15.9 Å². The van der Waals surface area contributed by atoms with E-state index in [0.717, 1.165) is 22.6 Å². The third-order valence-corrected chi connectivity index (χ3v) is 4.70. The molecule has 1 aliphatic rings. The summed E-state index contributed by atoms with van der Waals surface area (Å²) in [6.45, 7) is 3.99. The van der Waals surface area contributed by atoms with Crippen LogP contribution in [0.15, 0.2) is 22.7 Å². The van der Waals surface area contributed by atoms with Gasteiger partial charge in [0.25, 0.3) is 0 Å². The van der Waals surface area contributed by atoms with Crippen LogP contribution in [0.5, 0.6) is 0 Å². The van der Waals surface area contributed by atoms with Gasteiger partial charge >= 0.3 is 0 Å². The van der Waals surface area contributed by atoms with Gasteiger partial charge in [0, 0.05) is 23.6 Å². The lowest BCUT2D eigenvalue weighted by molar-refractivity contribution is 0.335. The molecule has 1 fully saturated rings. The maximum Gasteiger partial charge on any atom is 0.0992 e. The fraction of sp³-hybridized carbons (Fsp3) is 0.533. The number of benzene rings is 1. The molecule has 19 heavy (non-hydrogen) atoms. The fourth-order valence-electron chi connectivity index (χ4n) is 2.85. The number of hydrogen-bond donors (Lipinski definition) is 1. The Hall–Kier alpha value is -1.05. The van der Waals surface area contributed by atoms with Gasteiger partial charge in [0.2, 0.25) is 0 Å². The van der Waals surface area contributed by atoms with Gasteiger partial charge < -0.3 is 10.6 Å². The summed E-state index contributed by atoms with van der Waals surface area (Å²) in [5.41, 5.74) is 7.78. The van der Waals surface area contributed by atoms with E-state index < -0.39 is 0 Å². The van der Waals surface area contributed by atoms with Crippen LogP contribution in [0.3, 0.4) is 0 Å². The van der Waals surface area contributed by atoms with Crippen molar-refractivity contribution >= 4 is 21.6 Å². The number of nitrogens with zero attached hydrogens (tertiary/aromatic N) is 2. The van der Waals surface area contributed by atoms with Gasteiger partial charge in [0.1, 0.15) is 0 Å². The van der Waals surface area contributed by atoms with Crippen molar-refractivity contribution in [3.8, 4) is 6.07 Å². The molecule has 0 aromatic heterocycles. The SMILES string of the molecule is CCC1CCN(c2ccc(C#N)cc2Br)C(CN)C1. The van der Waals surface area contributed by atoms with Crippen LogP contribution in [-0.4, -0.2) is 19.1 Å². The van der Waals surface area contributed by atoms with Gasteiger partial charge in [-0.25, -0.2) is 0 Å². The molecule has 2 unspecified atom stereocenters. The monoisotopic (exact) mass is 321 g/mol. The standard InChI is InChI=1S/C15H20BrN3/c1-2-11-5-6-19(13(7-11)10-18)15-4-3-12(9-17)8-14(15)16/h3-4,8,11,13H,2,5-7,10,18H2,1H3. The molecule has 0 radical (unpaired) electrons. The summed E-state index contributed by atoms with van der Waals surface area (Å²) in [5.74, 6) is 0.793. The number of nitrogens with two attached hydrogens (primary N) is 1. The average molecular weight is 322 g/mol. The molecule has 1 heterocycles. The van der Waals surface area contributed by atoms with Crippen LogP contribution in [-0.2, 0) is 0 Å². The second-order valence-electron chi connectivity index (χ2n) is 5.16. The van der Waals surface area contributed by atoms with E-state index in [4.69, 9.17) is 11.0 Å². The largest absolute Gasteiger partial charge is 0.366 e. The van der Waals surface area contributed by atoms with Crippen molar-refractivity contribution in [2.75, 3.05) is 18.0 Å². The molecule has 1 aliphatic heterocycles. The average Bonchev–Trinajstić information content (AvgIpc) is 2.46. The zero-order chi connectivity index (χ0) is 13.8. The maximum absolute atomic E-state index is 8.92. The Kier molecular flexibility index (Phi) is 4.84. The van der Waals surface area contributed by atoms with Crippen molar-refractivity contribution in [1.82, 2.24) is 0 Å². The molecule has 1 saturated heterocycles. The van der Waals surface area contributed by atoms with E-state index in [2.05, 4.69) is 33.8 Å². The van der Waals surface area contributed by atoms with Crippen molar-refractivity contribution in [3.63, 3.8) is 0 Å². The van der Waals surface area contributed by atoms with Crippen molar-refractivity contribution in [2.45, 2.75) is 32.2 Å². The quantitative estimate of drug-likeness (QED) is 0.929. The summed E-state index contributed by atoms with van der Waals surface area (Å²) >= 11 is 3.58. The van der Waals surface area contributed by atoms with Crippen LogP contribution in [0, 0.1) is 17.2 Å². The Labute approximate surface area is 123 Å². The third kappa shape index (κ3) is 3.10. The molecule has 0 amide bonds. The highest BCUT2D eigenvalue weighted by molar-refractivity contribution is 9.10. The van der Waals surface area contributed by atoms with Crippen LogP contribution < -0.4 is 10.6 Å². The van der Waals surface area contributed by atoms with Gasteiger partial charge in [-0.3, -0.25) is 0 Å². The van der Waals surface area contributed by atoms with Crippen molar-refractivity contribution in [1.29, 1.82) is 5.26 Å². The smallest absolute Gasteiger partial charge is 0.0992 e. The van der Waals surface area contributed by atoms with Gasteiger partial charge in [-0.15, -0.1) is 0 Å². The molecular weight excluding hydrogens is 302 g/mol. The van der Waals surface area contributed by atoms with Crippen LogP contribution in [0.1, 0.15) is 31.7 Å². The number of halogens is 1. The maximum atomic E-state index is 8.92. The Balaban J connectivity index is 2.23. The molecule has 0 bridgehead atoms. The Bertz CT molecular complexity index is 481. The van der Waals surface area contributed by atoms with Crippen molar-refractivity contribution in [2.24, 2.45) is 11.7 Å². The topological polar surface area (TPSA) is 53.0 Å². The summed E-state index contributed by atoms with van der Waals surface area (Å²) in [6, 6.07) is 8.36. The Morgan fingerprint density at radius 2 is 2.32 bits per heavy atom. The Morgan fingerprint density at radius 1 is 1.53 bits per heavy atom. The molecule has 1 aromatic carbocycles. The van der Waals surface area contributed by atoms with Gasteiger partial charge in [0.15, 0.2) is 0 Å². The summed E-state index contributed by atoms with van der Waals surface area (Å²) in [4.78, 5) is 2.39. The normalized spacial score (nSPS) is 23.2. The predicted molar refractivity (Wildman–Crippen MR) is 82.1 cm³/mol. The highest BCUT2D eigenvalue weighted by atomic mass is 79.9. The van der Waals surface area contributed by atoms with Gasteiger partial charge in [0.05, 0.1) is 17.3 Å². The highest BCUT2D eigenvalue weighted by Gasteiger charge is 2.27.